The molecule has 1 fully saturated rings. The van der Waals surface area contributed by atoms with E-state index in [9.17, 15) is 14.3 Å². The number of nitrogens with one attached hydrogen (secondary N) is 1. The molecule has 0 saturated carbocycles. The largest absolute Gasteiger partial charge is 0.478 e. The summed E-state index contributed by atoms with van der Waals surface area (Å²) in [6, 6.07) is 11.6. The number of rotatable bonds is 9. The lowest BCUT2D eigenvalue weighted by Crippen LogP contribution is -2.34. The number of H-pyrrole nitrogens is 1. The minimum absolute atomic E-state index is 0.00501. The molecule has 0 radical (unpaired) electrons. The highest BCUT2D eigenvalue weighted by Gasteiger charge is 2.26. The first-order chi connectivity index (χ1) is 20.9. The summed E-state index contributed by atoms with van der Waals surface area (Å²) in [4.78, 5) is 23.7. The maximum absolute atomic E-state index is 14.5. The number of fused-ring (bicyclic) bond motifs is 2. The number of halogens is 2. The van der Waals surface area contributed by atoms with Crippen LogP contribution < -0.4 is 4.74 Å². The lowest BCUT2D eigenvalue weighted by molar-refractivity contribution is -0.0592. The molecular formula is C31H28ClFN6O4. The van der Waals surface area contributed by atoms with E-state index in [1.807, 2.05) is 0 Å². The molecule has 0 unspecified atom stereocenters. The van der Waals surface area contributed by atoms with Gasteiger partial charge in [-0.2, -0.15) is 5.10 Å². The predicted molar refractivity (Wildman–Crippen MR) is 156 cm³/mol. The Morgan fingerprint density at radius 1 is 1.21 bits per heavy atom. The van der Waals surface area contributed by atoms with Crippen LogP contribution in [0, 0.1) is 5.82 Å². The number of nitrogens with zero attached hydrogens (tertiary/aromatic N) is 5. The molecule has 12 heteroatoms. The standard InChI is InChI=1S/C31H28ClFN6O4/c32-22-3-1-20(25(33)11-22)17-43-30-24(21-12-34-35-13-21)9-18-5-7-38(15-27(18)37-30)16-29-36-26-4-2-19(31(40)41)10-28(26)39(29)14-23-6-8-42-23/h1-4,9-13,23H,5-8,14-17H2,(H,34,35)(H,40,41)/t23-/m0/s1. The number of ether oxygens (including phenoxy) is 2. The van der Waals surface area contributed by atoms with E-state index in [0.29, 0.717) is 36.1 Å². The van der Waals surface area contributed by atoms with Crippen LogP contribution in [0.25, 0.3) is 22.2 Å². The normalized spacial score (nSPS) is 16.7. The van der Waals surface area contributed by atoms with Crippen molar-refractivity contribution in [3.8, 4) is 17.0 Å². The topological polar surface area (TPSA) is 118 Å². The van der Waals surface area contributed by atoms with E-state index < -0.39 is 11.8 Å². The van der Waals surface area contributed by atoms with Crippen LogP contribution in [-0.4, -0.2) is 60.0 Å². The third kappa shape index (κ3) is 5.58. The third-order valence-corrected chi connectivity index (χ3v) is 8.27. The summed E-state index contributed by atoms with van der Waals surface area (Å²) in [5.41, 5.74) is 5.75. The maximum atomic E-state index is 14.5. The molecule has 2 N–H and O–H groups in total. The first-order valence-electron chi connectivity index (χ1n) is 14.1. The zero-order chi connectivity index (χ0) is 29.5. The molecule has 2 aliphatic rings. The summed E-state index contributed by atoms with van der Waals surface area (Å²) in [6.45, 7) is 3.26. The molecule has 0 amide bonds. The Bertz CT molecular complexity index is 1820. The predicted octanol–water partition coefficient (Wildman–Crippen LogP) is 5.24. The van der Waals surface area contributed by atoms with Crippen LogP contribution in [0.3, 0.4) is 0 Å². The number of pyridine rings is 1. The molecule has 1 atom stereocenters. The van der Waals surface area contributed by atoms with Crippen molar-refractivity contribution in [2.45, 2.75) is 45.2 Å². The van der Waals surface area contributed by atoms with Gasteiger partial charge in [0.25, 0.3) is 0 Å². The van der Waals surface area contributed by atoms with Crippen molar-refractivity contribution in [1.29, 1.82) is 0 Å². The summed E-state index contributed by atoms with van der Waals surface area (Å²) in [5, 5.41) is 16.8. The monoisotopic (exact) mass is 602 g/mol. The van der Waals surface area contributed by atoms with E-state index in [-0.39, 0.29) is 18.3 Å². The summed E-state index contributed by atoms with van der Waals surface area (Å²) < 4.78 is 28.4. The molecule has 0 bridgehead atoms. The Kier molecular flexibility index (Phi) is 7.29. The van der Waals surface area contributed by atoms with E-state index in [0.717, 1.165) is 65.2 Å². The first-order valence-corrected chi connectivity index (χ1v) is 14.4. The third-order valence-electron chi connectivity index (χ3n) is 8.03. The summed E-state index contributed by atoms with van der Waals surface area (Å²) in [7, 11) is 0. The zero-order valence-corrected chi connectivity index (χ0v) is 23.9. The molecular weight excluding hydrogens is 575 g/mol. The van der Waals surface area contributed by atoms with Gasteiger partial charge in [-0.3, -0.25) is 10.00 Å². The molecule has 0 spiro atoms. The van der Waals surface area contributed by atoms with Crippen molar-refractivity contribution in [3.05, 3.63) is 93.9 Å². The Balaban J connectivity index is 1.17. The number of aromatic amines is 1. The Labute approximate surface area is 251 Å². The Morgan fingerprint density at radius 3 is 2.84 bits per heavy atom. The van der Waals surface area contributed by atoms with Crippen LogP contribution >= 0.6 is 11.6 Å². The fraction of sp³-hybridized carbons (Fsp3) is 0.290. The quantitative estimate of drug-likeness (QED) is 0.235. The number of hydrogen-bond acceptors (Lipinski definition) is 7. The minimum Gasteiger partial charge on any atom is -0.478 e. The van der Waals surface area contributed by atoms with Crippen LogP contribution in [0.1, 0.15) is 39.4 Å². The van der Waals surface area contributed by atoms with Crippen LogP contribution in [0.2, 0.25) is 5.02 Å². The van der Waals surface area contributed by atoms with Gasteiger partial charge in [0.2, 0.25) is 5.88 Å². The molecule has 43 heavy (non-hydrogen) atoms. The first kappa shape index (κ1) is 27.5. The Hall–Kier alpha value is -4.32. The fourth-order valence-corrected chi connectivity index (χ4v) is 5.75. The van der Waals surface area contributed by atoms with Crippen LogP contribution in [0.15, 0.2) is 54.9 Å². The zero-order valence-electron chi connectivity index (χ0n) is 23.1. The van der Waals surface area contributed by atoms with Crippen LogP contribution in [0.5, 0.6) is 5.88 Å². The smallest absolute Gasteiger partial charge is 0.335 e. The van der Waals surface area contributed by atoms with E-state index >= 15 is 0 Å². The number of carboxylic acids is 1. The highest BCUT2D eigenvalue weighted by atomic mass is 35.5. The van der Waals surface area contributed by atoms with Gasteiger partial charge in [-0.1, -0.05) is 17.7 Å². The van der Waals surface area contributed by atoms with Gasteiger partial charge in [-0.15, -0.1) is 0 Å². The molecule has 2 aromatic carbocycles. The van der Waals surface area contributed by atoms with Crippen molar-refractivity contribution in [2.24, 2.45) is 0 Å². The van der Waals surface area contributed by atoms with Crippen molar-refractivity contribution < 1.29 is 23.8 Å². The number of imidazole rings is 1. The molecule has 10 nitrogen and oxygen atoms in total. The lowest BCUT2D eigenvalue weighted by Gasteiger charge is -2.30. The minimum atomic E-state index is -0.971. The number of aromatic nitrogens is 5. The van der Waals surface area contributed by atoms with Gasteiger partial charge in [0.05, 0.1) is 47.7 Å². The molecule has 3 aromatic heterocycles. The van der Waals surface area contributed by atoms with Crippen molar-refractivity contribution >= 4 is 28.6 Å². The van der Waals surface area contributed by atoms with Crippen molar-refractivity contribution in [3.63, 3.8) is 0 Å². The SMILES string of the molecule is O=C(O)c1ccc2nc(CN3CCc4cc(-c5cn[nH]c5)c(OCc5ccc(Cl)cc5F)nc4C3)n(C[C@@H]3CCO3)c2c1. The van der Waals surface area contributed by atoms with E-state index in [2.05, 4.69) is 25.7 Å². The summed E-state index contributed by atoms with van der Waals surface area (Å²) >= 11 is 5.92. The summed E-state index contributed by atoms with van der Waals surface area (Å²) in [6.07, 6.45) is 5.30. The Morgan fingerprint density at radius 2 is 2.09 bits per heavy atom. The second kappa shape index (κ2) is 11.4. The molecule has 5 aromatic rings. The highest BCUT2D eigenvalue weighted by Crippen LogP contribution is 2.33. The van der Waals surface area contributed by atoms with Gasteiger partial charge < -0.3 is 19.1 Å². The number of carboxylic acid groups (broad SMARTS) is 1. The van der Waals surface area contributed by atoms with E-state index in [4.69, 9.17) is 31.0 Å². The molecule has 7 rings (SSSR count). The molecule has 220 valence electrons. The summed E-state index contributed by atoms with van der Waals surface area (Å²) in [5.74, 6) is -0.165. The average molecular weight is 603 g/mol. The number of carbonyl (C=O) groups is 1. The van der Waals surface area contributed by atoms with Gasteiger partial charge in [-0.25, -0.2) is 19.2 Å². The molecule has 1 saturated heterocycles. The second-order valence-corrected chi connectivity index (χ2v) is 11.3. The maximum Gasteiger partial charge on any atom is 0.335 e. The molecule has 2 aliphatic heterocycles. The lowest BCUT2D eigenvalue weighted by atomic mass is 10.0. The van der Waals surface area contributed by atoms with Crippen molar-refractivity contribution in [2.75, 3.05) is 13.2 Å². The highest BCUT2D eigenvalue weighted by molar-refractivity contribution is 6.30. The van der Waals surface area contributed by atoms with Crippen LogP contribution in [0.4, 0.5) is 4.39 Å². The van der Waals surface area contributed by atoms with E-state index in [1.165, 1.54) is 6.07 Å². The number of benzene rings is 2. The van der Waals surface area contributed by atoms with Gasteiger partial charge in [0.15, 0.2) is 0 Å². The second-order valence-electron chi connectivity index (χ2n) is 10.8. The number of aromatic carboxylic acids is 1. The fourth-order valence-electron chi connectivity index (χ4n) is 5.59. The van der Waals surface area contributed by atoms with Crippen LogP contribution in [-0.2, 0) is 37.4 Å². The van der Waals surface area contributed by atoms with Gasteiger partial charge in [0.1, 0.15) is 18.2 Å². The molecule has 0 aliphatic carbocycles. The van der Waals surface area contributed by atoms with Gasteiger partial charge in [-0.05, 0) is 54.8 Å². The average Bonchev–Trinajstić information content (AvgIpc) is 3.62. The number of hydrogen-bond donors (Lipinski definition) is 2. The van der Waals surface area contributed by atoms with Gasteiger partial charge in [0, 0.05) is 47.6 Å². The van der Waals surface area contributed by atoms with Crippen molar-refractivity contribution in [1.82, 2.24) is 29.6 Å². The molecule has 5 heterocycles. The van der Waals surface area contributed by atoms with Gasteiger partial charge >= 0.3 is 5.97 Å². The van der Waals surface area contributed by atoms with E-state index in [1.54, 1.807) is 42.7 Å².